The normalized spacial score (nSPS) is 10.8. The number of aromatic nitrogens is 1. The van der Waals surface area contributed by atoms with E-state index in [0.29, 0.717) is 0 Å². The molecule has 0 bridgehead atoms. The second-order valence-electron chi connectivity index (χ2n) is 3.44. The molecule has 0 saturated carbocycles. The third-order valence-electron chi connectivity index (χ3n) is 2.04. The van der Waals surface area contributed by atoms with Crippen LogP contribution in [0, 0.1) is 0 Å². The third-order valence-corrected chi connectivity index (χ3v) is 2.04. The Morgan fingerprint density at radius 3 is 2.53 bits per heavy atom. The van der Waals surface area contributed by atoms with Gasteiger partial charge in [0.05, 0.1) is 12.0 Å². The van der Waals surface area contributed by atoms with Gasteiger partial charge in [0.25, 0.3) is 5.91 Å². The number of amides is 1. The summed E-state index contributed by atoms with van der Waals surface area (Å²) in [6.07, 6.45) is 2.12. The van der Waals surface area contributed by atoms with E-state index < -0.39 is 23.6 Å². The Morgan fingerprint density at radius 1 is 1.26 bits per heavy atom. The Kier molecular flexibility index (Phi) is 5.15. The quantitative estimate of drug-likeness (QED) is 0.494. The first kappa shape index (κ1) is 14.3. The molecule has 8 heteroatoms. The average molecular weight is 265 g/mol. The number of hydrogen-bond acceptors (Lipinski definition) is 5. The summed E-state index contributed by atoms with van der Waals surface area (Å²) < 4.78 is 0. The molecule has 0 aromatic carbocycles. The summed E-state index contributed by atoms with van der Waals surface area (Å²) in [5, 5.41) is 20.6. The van der Waals surface area contributed by atoms with E-state index in [4.69, 9.17) is 10.2 Å². The van der Waals surface area contributed by atoms with Gasteiger partial charge in [-0.1, -0.05) is 0 Å². The van der Waals surface area contributed by atoms with Crippen molar-refractivity contribution in [1.82, 2.24) is 10.4 Å². The van der Waals surface area contributed by atoms with E-state index in [0.717, 1.165) is 0 Å². The van der Waals surface area contributed by atoms with Crippen molar-refractivity contribution >= 4 is 23.6 Å². The molecule has 0 saturated heterocycles. The fourth-order valence-electron chi connectivity index (χ4n) is 1.12. The number of carbonyl (C=O) groups is 3. The van der Waals surface area contributed by atoms with E-state index in [9.17, 15) is 14.4 Å². The maximum atomic E-state index is 11.5. The van der Waals surface area contributed by atoms with Crippen molar-refractivity contribution in [2.24, 2.45) is 5.10 Å². The lowest BCUT2D eigenvalue weighted by atomic mass is 10.2. The number of carboxylic acid groups (broad SMARTS) is 2. The highest BCUT2D eigenvalue weighted by Gasteiger charge is 2.13. The van der Waals surface area contributed by atoms with Crippen LogP contribution in [-0.2, 0) is 9.59 Å². The Labute approximate surface area is 107 Å². The lowest BCUT2D eigenvalue weighted by Crippen LogP contribution is -2.24. The molecule has 0 aliphatic carbocycles. The number of rotatable bonds is 6. The number of carbonyl (C=O) groups excluding carboxylic acids is 1. The summed E-state index contributed by atoms with van der Waals surface area (Å²) in [5.74, 6) is -3.15. The number of nitrogens with one attached hydrogen (secondary N) is 1. The fraction of sp³-hybridized carbons (Fsp3) is 0.182. The third kappa shape index (κ3) is 4.94. The van der Waals surface area contributed by atoms with Crippen LogP contribution in [0.2, 0.25) is 0 Å². The van der Waals surface area contributed by atoms with Crippen molar-refractivity contribution in [3.63, 3.8) is 0 Å². The maximum absolute atomic E-state index is 11.5. The van der Waals surface area contributed by atoms with Gasteiger partial charge < -0.3 is 10.2 Å². The van der Waals surface area contributed by atoms with Crippen LogP contribution in [0.3, 0.4) is 0 Å². The van der Waals surface area contributed by atoms with Gasteiger partial charge in [-0.3, -0.25) is 14.6 Å². The first-order valence-corrected chi connectivity index (χ1v) is 5.22. The predicted molar refractivity (Wildman–Crippen MR) is 63.6 cm³/mol. The van der Waals surface area contributed by atoms with E-state index in [1.165, 1.54) is 18.5 Å². The molecule has 8 nitrogen and oxygen atoms in total. The minimum atomic E-state index is -1.38. The Balaban J connectivity index is 2.68. The molecule has 1 heterocycles. The lowest BCUT2D eigenvalue weighted by molar-refractivity contribution is -0.136. The van der Waals surface area contributed by atoms with Gasteiger partial charge in [-0.05, 0) is 12.1 Å². The topological polar surface area (TPSA) is 129 Å². The van der Waals surface area contributed by atoms with Crippen LogP contribution >= 0.6 is 0 Å². The number of aliphatic carboxylic acids is 2. The summed E-state index contributed by atoms with van der Waals surface area (Å²) in [6, 6.07) is 3.02. The van der Waals surface area contributed by atoms with Crippen LogP contribution in [0.4, 0.5) is 0 Å². The Hall–Kier alpha value is -2.77. The second-order valence-corrected chi connectivity index (χ2v) is 3.44. The lowest BCUT2D eigenvalue weighted by Gasteiger charge is -2.01. The first-order chi connectivity index (χ1) is 9.00. The van der Waals surface area contributed by atoms with Gasteiger partial charge in [0.15, 0.2) is 0 Å². The highest BCUT2D eigenvalue weighted by Crippen LogP contribution is 1.97. The van der Waals surface area contributed by atoms with Gasteiger partial charge in [0, 0.05) is 18.8 Å². The zero-order valence-electron chi connectivity index (χ0n) is 9.74. The molecule has 0 unspecified atom stereocenters. The molecule has 0 fully saturated rings. The summed E-state index contributed by atoms with van der Waals surface area (Å²) in [4.78, 5) is 36.4. The van der Waals surface area contributed by atoms with Crippen LogP contribution in [0.15, 0.2) is 29.6 Å². The van der Waals surface area contributed by atoms with Crippen molar-refractivity contribution < 1.29 is 24.6 Å². The van der Waals surface area contributed by atoms with Crippen LogP contribution < -0.4 is 5.43 Å². The van der Waals surface area contributed by atoms with Gasteiger partial charge >= 0.3 is 11.9 Å². The number of hydrogen-bond donors (Lipinski definition) is 3. The molecule has 0 radical (unpaired) electrons. The van der Waals surface area contributed by atoms with Crippen molar-refractivity contribution in [1.29, 1.82) is 0 Å². The van der Waals surface area contributed by atoms with Crippen LogP contribution in [0.1, 0.15) is 23.2 Å². The number of pyridine rings is 1. The maximum Gasteiger partial charge on any atom is 0.352 e. The largest absolute Gasteiger partial charge is 0.481 e. The summed E-state index contributed by atoms with van der Waals surface area (Å²) in [6.45, 7) is 0. The molecule has 0 aliphatic rings. The van der Waals surface area contributed by atoms with Gasteiger partial charge in [-0.2, -0.15) is 5.10 Å². The van der Waals surface area contributed by atoms with Gasteiger partial charge in [0.2, 0.25) is 0 Å². The van der Waals surface area contributed by atoms with E-state index in [1.54, 1.807) is 6.07 Å². The second kappa shape index (κ2) is 6.84. The molecule has 0 aliphatic heterocycles. The number of nitrogens with zero attached hydrogens (tertiary/aromatic N) is 2. The summed E-state index contributed by atoms with van der Waals surface area (Å²) in [7, 11) is 0. The van der Waals surface area contributed by atoms with E-state index in [-0.39, 0.29) is 18.4 Å². The van der Waals surface area contributed by atoms with Crippen molar-refractivity contribution in [3.05, 3.63) is 30.1 Å². The first-order valence-electron chi connectivity index (χ1n) is 5.22. The number of hydrazone groups is 1. The average Bonchev–Trinajstić information content (AvgIpc) is 2.38. The number of carboxylic acids is 2. The molecule has 1 aromatic rings. The molecule has 1 rings (SSSR count). The van der Waals surface area contributed by atoms with Crippen molar-refractivity contribution in [2.75, 3.05) is 0 Å². The molecular weight excluding hydrogens is 254 g/mol. The van der Waals surface area contributed by atoms with Crippen molar-refractivity contribution in [2.45, 2.75) is 12.8 Å². The monoisotopic (exact) mass is 265 g/mol. The summed E-state index contributed by atoms with van der Waals surface area (Å²) in [5.41, 5.74) is 1.83. The van der Waals surface area contributed by atoms with Crippen LogP contribution in [-0.4, -0.2) is 38.8 Å². The van der Waals surface area contributed by atoms with Crippen molar-refractivity contribution in [3.8, 4) is 0 Å². The SMILES string of the molecule is O=C(O)CC/C(=N/NC(=O)c1cccnc1)C(=O)O. The molecular formula is C11H11N3O5. The minimum Gasteiger partial charge on any atom is -0.481 e. The van der Waals surface area contributed by atoms with Crippen LogP contribution in [0.5, 0.6) is 0 Å². The van der Waals surface area contributed by atoms with Gasteiger partial charge in [-0.15, -0.1) is 0 Å². The van der Waals surface area contributed by atoms with E-state index in [1.807, 2.05) is 5.43 Å². The minimum absolute atomic E-state index is 0.217. The Morgan fingerprint density at radius 2 is 2.00 bits per heavy atom. The summed E-state index contributed by atoms with van der Waals surface area (Å²) >= 11 is 0. The molecule has 100 valence electrons. The zero-order chi connectivity index (χ0) is 14.3. The fourth-order valence-corrected chi connectivity index (χ4v) is 1.12. The molecule has 1 amide bonds. The highest BCUT2D eigenvalue weighted by molar-refractivity contribution is 6.35. The molecule has 1 aromatic heterocycles. The molecule has 3 N–H and O–H groups in total. The molecule has 0 spiro atoms. The van der Waals surface area contributed by atoms with E-state index >= 15 is 0 Å². The highest BCUT2D eigenvalue weighted by atomic mass is 16.4. The Bertz CT molecular complexity index is 512. The smallest absolute Gasteiger partial charge is 0.352 e. The molecule has 19 heavy (non-hydrogen) atoms. The van der Waals surface area contributed by atoms with Gasteiger partial charge in [0.1, 0.15) is 5.71 Å². The van der Waals surface area contributed by atoms with E-state index in [2.05, 4.69) is 10.1 Å². The standard InChI is InChI=1S/C11H11N3O5/c15-9(16)4-3-8(11(18)19)13-14-10(17)7-2-1-5-12-6-7/h1-2,5-6H,3-4H2,(H,14,17)(H,15,16)(H,18,19)/b13-8-. The van der Waals surface area contributed by atoms with Gasteiger partial charge in [-0.25, -0.2) is 10.2 Å². The predicted octanol–water partition coefficient (Wildman–Crippen LogP) is 0.117. The zero-order valence-corrected chi connectivity index (χ0v) is 9.74. The van der Waals surface area contributed by atoms with Crippen LogP contribution in [0.25, 0.3) is 0 Å². The molecule has 0 atom stereocenters.